The van der Waals surface area contributed by atoms with Crippen molar-refractivity contribution in [2.75, 3.05) is 0 Å². The average molecular weight is 319 g/mol. The molecule has 0 fully saturated rings. The van der Waals surface area contributed by atoms with Crippen LogP contribution in [0.15, 0.2) is 59.1 Å². The van der Waals surface area contributed by atoms with Crippen LogP contribution in [0.3, 0.4) is 0 Å². The van der Waals surface area contributed by atoms with E-state index in [1.54, 1.807) is 19.1 Å². The molecule has 0 aliphatic rings. The van der Waals surface area contributed by atoms with Crippen LogP contribution in [0.25, 0.3) is 0 Å². The van der Waals surface area contributed by atoms with Gasteiger partial charge in [0.2, 0.25) is 0 Å². The summed E-state index contributed by atoms with van der Waals surface area (Å²) in [6.07, 6.45) is -0.791. The predicted octanol–water partition coefficient (Wildman–Crippen LogP) is 4.00. The highest BCUT2D eigenvalue weighted by molar-refractivity contribution is 9.10. The van der Waals surface area contributed by atoms with Gasteiger partial charge in [-0.05, 0) is 17.7 Å². The second-order valence-electron chi connectivity index (χ2n) is 4.52. The second kappa shape index (κ2) is 6.13. The molecular formula is C16H15BrO2. The summed E-state index contributed by atoms with van der Waals surface area (Å²) in [7, 11) is 0. The van der Waals surface area contributed by atoms with Gasteiger partial charge in [0.25, 0.3) is 0 Å². The minimum Gasteiger partial charge on any atom is -0.388 e. The molecule has 0 aromatic heterocycles. The van der Waals surface area contributed by atoms with E-state index < -0.39 is 12.0 Å². The van der Waals surface area contributed by atoms with Gasteiger partial charge in [-0.3, -0.25) is 4.79 Å². The molecule has 3 heteroatoms. The van der Waals surface area contributed by atoms with Gasteiger partial charge in [0, 0.05) is 16.0 Å². The molecule has 2 rings (SSSR count). The third kappa shape index (κ3) is 3.31. The third-order valence-corrected chi connectivity index (χ3v) is 3.69. The lowest BCUT2D eigenvalue weighted by Gasteiger charge is -2.18. The molecule has 0 unspecified atom stereocenters. The molecule has 0 heterocycles. The molecule has 2 aromatic rings. The van der Waals surface area contributed by atoms with Crippen molar-refractivity contribution in [1.82, 2.24) is 0 Å². The molecule has 98 valence electrons. The lowest BCUT2D eigenvalue weighted by molar-refractivity contribution is 0.0713. The van der Waals surface area contributed by atoms with Crippen LogP contribution in [0.1, 0.15) is 28.9 Å². The summed E-state index contributed by atoms with van der Waals surface area (Å²) >= 11 is 3.35. The van der Waals surface area contributed by atoms with Crippen molar-refractivity contribution >= 4 is 21.7 Å². The zero-order valence-electron chi connectivity index (χ0n) is 10.6. The molecule has 0 saturated heterocycles. The van der Waals surface area contributed by atoms with E-state index >= 15 is 0 Å². The summed E-state index contributed by atoms with van der Waals surface area (Å²) in [5, 5.41) is 10.3. The average Bonchev–Trinajstić information content (AvgIpc) is 2.46. The monoisotopic (exact) mass is 318 g/mol. The van der Waals surface area contributed by atoms with Crippen LogP contribution in [0.4, 0.5) is 0 Å². The van der Waals surface area contributed by atoms with E-state index in [4.69, 9.17) is 0 Å². The number of carbonyl (C=O) groups is 1. The van der Waals surface area contributed by atoms with Crippen molar-refractivity contribution in [3.8, 4) is 0 Å². The van der Waals surface area contributed by atoms with Crippen molar-refractivity contribution in [3.63, 3.8) is 0 Å². The molecule has 0 spiro atoms. The highest BCUT2D eigenvalue weighted by Crippen LogP contribution is 2.26. The van der Waals surface area contributed by atoms with Crippen LogP contribution in [-0.2, 0) is 0 Å². The second-order valence-corrected chi connectivity index (χ2v) is 5.43. The number of rotatable bonds is 4. The summed E-state index contributed by atoms with van der Waals surface area (Å²) in [5.74, 6) is -0.514. The summed E-state index contributed by atoms with van der Waals surface area (Å²) in [6, 6.07) is 16.4. The molecule has 0 aliphatic carbocycles. The molecule has 0 bridgehead atoms. The molecule has 0 aliphatic heterocycles. The smallest absolute Gasteiger partial charge is 0.168 e. The Labute approximate surface area is 121 Å². The predicted molar refractivity (Wildman–Crippen MR) is 79.0 cm³/mol. The Morgan fingerprint density at radius 3 is 2.21 bits per heavy atom. The Kier molecular flexibility index (Phi) is 4.51. The van der Waals surface area contributed by atoms with Gasteiger partial charge >= 0.3 is 0 Å². The first-order valence-corrected chi connectivity index (χ1v) is 6.91. The van der Waals surface area contributed by atoms with E-state index in [2.05, 4.69) is 15.9 Å². The van der Waals surface area contributed by atoms with Crippen LogP contribution in [0.2, 0.25) is 0 Å². The molecular weight excluding hydrogens is 304 g/mol. The minimum atomic E-state index is -0.791. The van der Waals surface area contributed by atoms with E-state index in [-0.39, 0.29) is 5.78 Å². The molecule has 1 N–H and O–H groups in total. The van der Waals surface area contributed by atoms with Crippen molar-refractivity contribution in [2.24, 2.45) is 5.92 Å². The molecule has 2 atom stereocenters. The van der Waals surface area contributed by atoms with Gasteiger partial charge in [0.1, 0.15) is 0 Å². The third-order valence-electron chi connectivity index (χ3n) is 3.16. The van der Waals surface area contributed by atoms with Gasteiger partial charge in [-0.2, -0.15) is 0 Å². The zero-order chi connectivity index (χ0) is 13.8. The summed E-state index contributed by atoms with van der Waals surface area (Å²) in [6.45, 7) is 1.75. The van der Waals surface area contributed by atoms with Gasteiger partial charge in [-0.25, -0.2) is 0 Å². The van der Waals surface area contributed by atoms with Crippen molar-refractivity contribution in [1.29, 1.82) is 0 Å². The fourth-order valence-electron chi connectivity index (χ4n) is 1.96. The van der Waals surface area contributed by atoms with Gasteiger partial charge < -0.3 is 5.11 Å². The summed E-state index contributed by atoms with van der Waals surface area (Å²) in [4.78, 5) is 12.3. The number of ketones is 1. The standard InChI is InChI=1S/C16H15BrO2/c1-11(15(18)12-5-3-2-4-6-12)16(19)13-7-9-14(17)10-8-13/h2-11,16,19H,1H3/t11-,16-/m1/s1. The number of aliphatic hydroxyl groups excluding tert-OH is 1. The van der Waals surface area contributed by atoms with E-state index in [0.29, 0.717) is 5.56 Å². The number of benzene rings is 2. The largest absolute Gasteiger partial charge is 0.388 e. The van der Waals surface area contributed by atoms with E-state index in [1.165, 1.54) is 0 Å². The number of aliphatic hydroxyl groups is 1. The van der Waals surface area contributed by atoms with E-state index in [9.17, 15) is 9.90 Å². The maximum absolute atomic E-state index is 12.3. The molecule has 0 amide bonds. The number of hydrogen-bond donors (Lipinski definition) is 1. The van der Waals surface area contributed by atoms with Crippen molar-refractivity contribution in [2.45, 2.75) is 13.0 Å². The molecule has 0 saturated carbocycles. The number of Topliss-reactive ketones (excluding diaryl/α,β-unsaturated/α-hetero) is 1. The summed E-state index contributed by atoms with van der Waals surface area (Å²) < 4.78 is 0.950. The number of carbonyl (C=O) groups excluding carboxylic acids is 1. The van der Waals surface area contributed by atoms with Crippen molar-refractivity contribution < 1.29 is 9.90 Å². The Morgan fingerprint density at radius 2 is 1.63 bits per heavy atom. The molecule has 0 radical (unpaired) electrons. The van der Waals surface area contributed by atoms with Crippen LogP contribution in [0.5, 0.6) is 0 Å². The molecule has 2 aromatic carbocycles. The topological polar surface area (TPSA) is 37.3 Å². The Morgan fingerprint density at radius 1 is 1.05 bits per heavy atom. The van der Waals surface area contributed by atoms with Gasteiger partial charge in [-0.1, -0.05) is 65.3 Å². The van der Waals surface area contributed by atoms with Crippen molar-refractivity contribution in [3.05, 3.63) is 70.2 Å². The van der Waals surface area contributed by atoms with Crippen LogP contribution in [-0.4, -0.2) is 10.9 Å². The first kappa shape index (κ1) is 14.0. The first-order valence-electron chi connectivity index (χ1n) is 6.12. The number of hydrogen-bond acceptors (Lipinski definition) is 2. The minimum absolute atomic E-state index is 0.0454. The highest BCUT2D eigenvalue weighted by atomic mass is 79.9. The highest BCUT2D eigenvalue weighted by Gasteiger charge is 2.24. The van der Waals surface area contributed by atoms with Gasteiger partial charge in [-0.15, -0.1) is 0 Å². The van der Waals surface area contributed by atoms with E-state index in [0.717, 1.165) is 10.0 Å². The van der Waals surface area contributed by atoms with Gasteiger partial charge in [0.05, 0.1) is 6.10 Å². The normalized spacial score (nSPS) is 13.8. The quantitative estimate of drug-likeness (QED) is 0.865. The van der Waals surface area contributed by atoms with Gasteiger partial charge in [0.15, 0.2) is 5.78 Å². The van der Waals surface area contributed by atoms with E-state index in [1.807, 2.05) is 42.5 Å². The molecule has 2 nitrogen and oxygen atoms in total. The summed E-state index contributed by atoms with van der Waals surface area (Å²) in [5.41, 5.74) is 1.38. The molecule has 19 heavy (non-hydrogen) atoms. The Hall–Kier alpha value is -1.45. The Balaban J connectivity index is 2.17. The maximum Gasteiger partial charge on any atom is 0.168 e. The number of halogens is 1. The fraction of sp³-hybridized carbons (Fsp3) is 0.188. The van der Waals surface area contributed by atoms with Crippen LogP contribution >= 0.6 is 15.9 Å². The lowest BCUT2D eigenvalue weighted by Crippen LogP contribution is -2.19. The van der Waals surface area contributed by atoms with Crippen LogP contribution < -0.4 is 0 Å². The zero-order valence-corrected chi connectivity index (χ0v) is 12.2. The Bertz CT molecular complexity index is 549. The maximum atomic E-state index is 12.3. The fourth-order valence-corrected chi connectivity index (χ4v) is 2.22. The first-order chi connectivity index (χ1) is 9.09. The SMILES string of the molecule is C[C@H](C(=O)c1ccccc1)[C@@H](O)c1ccc(Br)cc1. The van der Waals surface area contributed by atoms with Crippen LogP contribution in [0, 0.1) is 5.92 Å². The lowest BCUT2D eigenvalue weighted by atomic mass is 9.90.